The van der Waals surface area contributed by atoms with Crippen LogP contribution in [0.3, 0.4) is 0 Å². The molecule has 0 spiro atoms. The van der Waals surface area contributed by atoms with Crippen LogP contribution < -0.4 is 5.32 Å². The third-order valence-electron chi connectivity index (χ3n) is 1.48. The average Bonchev–Trinajstić information content (AvgIpc) is 1.99. The van der Waals surface area contributed by atoms with E-state index in [1.807, 2.05) is 14.0 Å². The van der Waals surface area contributed by atoms with Crippen molar-refractivity contribution < 1.29 is 0 Å². The Bertz CT molecular complexity index is 275. The molecule has 0 aliphatic heterocycles. The SMILES string of the molecule is CNc1c(Cl)ncc(Br)c1C. The van der Waals surface area contributed by atoms with Crippen LogP contribution in [-0.4, -0.2) is 12.0 Å². The van der Waals surface area contributed by atoms with Gasteiger partial charge in [-0.2, -0.15) is 0 Å². The Labute approximate surface area is 79.1 Å². The van der Waals surface area contributed by atoms with Gasteiger partial charge in [-0.3, -0.25) is 0 Å². The molecule has 0 radical (unpaired) electrons. The molecule has 11 heavy (non-hydrogen) atoms. The average molecular weight is 236 g/mol. The van der Waals surface area contributed by atoms with Crippen LogP contribution in [0.15, 0.2) is 10.7 Å². The Morgan fingerprint density at radius 3 is 2.73 bits per heavy atom. The normalized spacial score (nSPS) is 9.82. The molecule has 0 bridgehead atoms. The van der Waals surface area contributed by atoms with E-state index < -0.39 is 0 Å². The minimum atomic E-state index is 0.508. The predicted octanol–water partition coefficient (Wildman–Crippen LogP) is 2.85. The largest absolute Gasteiger partial charge is 0.385 e. The topological polar surface area (TPSA) is 24.9 Å². The number of anilines is 1. The fourth-order valence-electron chi connectivity index (χ4n) is 0.840. The fourth-order valence-corrected chi connectivity index (χ4v) is 1.43. The number of hydrogen-bond donors (Lipinski definition) is 1. The van der Waals surface area contributed by atoms with Crippen molar-refractivity contribution in [3.05, 3.63) is 21.4 Å². The van der Waals surface area contributed by atoms with E-state index in [-0.39, 0.29) is 0 Å². The summed E-state index contributed by atoms with van der Waals surface area (Å²) in [7, 11) is 1.82. The summed E-state index contributed by atoms with van der Waals surface area (Å²) in [6.07, 6.45) is 1.69. The van der Waals surface area contributed by atoms with Crippen molar-refractivity contribution in [3.8, 4) is 0 Å². The Morgan fingerprint density at radius 1 is 1.64 bits per heavy atom. The van der Waals surface area contributed by atoms with Crippen LogP contribution in [0.2, 0.25) is 5.15 Å². The number of rotatable bonds is 1. The maximum Gasteiger partial charge on any atom is 0.152 e. The summed E-state index contributed by atoms with van der Waals surface area (Å²) >= 11 is 9.17. The lowest BCUT2D eigenvalue weighted by Crippen LogP contribution is -1.95. The Kier molecular flexibility index (Phi) is 2.73. The van der Waals surface area contributed by atoms with Crippen molar-refractivity contribution >= 4 is 33.2 Å². The molecule has 60 valence electrons. The Balaban J connectivity index is 3.29. The molecule has 0 aromatic carbocycles. The second-order valence-electron chi connectivity index (χ2n) is 2.15. The lowest BCUT2D eigenvalue weighted by Gasteiger charge is -2.07. The van der Waals surface area contributed by atoms with Crippen LogP contribution in [0.5, 0.6) is 0 Å². The highest BCUT2D eigenvalue weighted by molar-refractivity contribution is 9.10. The number of pyridine rings is 1. The molecule has 0 amide bonds. The highest BCUT2D eigenvalue weighted by Gasteiger charge is 2.05. The third kappa shape index (κ3) is 1.65. The van der Waals surface area contributed by atoms with Gasteiger partial charge in [0.1, 0.15) is 0 Å². The van der Waals surface area contributed by atoms with Gasteiger partial charge in [-0.1, -0.05) is 11.6 Å². The van der Waals surface area contributed by atoms with Crippen LogP contribution >= 0.6 is 27.5 Å². The monoisotopic (exact) mass is 234 g/mol. The van der Waals surface area contributed by atoms with E-state index in [0.717, 1.165) is 15.7 Å². The van der Waals surface area contributed by atoms with Gasteiger partial charge in [-0.05, 0) is 28.4 Å². The molecule has 1 aromatic rings. The molecule has 1 heterocycles. The molecule has 0 atom stereocenters. The molecule has 0 saturated heterocycles. The first kappa shape index (κ1) is 8.81. The molecule has 1 rings (SSSR count). The van der Waals surface area contributed by atoms with E-state index in [0.29, 0.717) is 5.15 Å². The maximum atomic E-state index is 5.81. The van der Waals surface area contributed by atoms with Crippen molar-refractivity contribution in [2.45, 2.75) is 6.92 Å². The van der Waals surface area contributed by atoms with Gasteiger partial charge >= 0.3 is 0 Å². The van der Waals surface area contributed by atoms with E-state index in [1.54, 1.807) is 6.20 Å². The summed E-state index contributed by atoms with van der Waals surface area (Å²) in [5.74, 6) is 0. The maximum absolute atomic E-state index is 5.81. The van der Waals surface area contributed by atoms with Gasteiger partial charge in [0, 0.05) is 17.7 Å². The molecule has 0 fully saturated rings. The highest BCUT2D eigenvalue weighted by atomic mass is 79.9. The predicted molar refractivity (Wildman–Crippen MR) is 51.2 cm³/mol. The Morgan fingerprint density at radius 2 is 2.27 bits per heavy atom. The van der Waals surface area contributed by atoms with Gasteiger partial charge < -0.3 is 5.32 Å². The minimum Gasteiger partial charge on any atom is -0.385 e. The van der Waals surface area contributed by atoms with E-state index >= 15 is 0 Å². The molecular formula is C7H8BrClN2. The molecule has 0 unspecified atom stereocenters. The standard InChI is InChI=1S/C7H8BrClN2/c1-4-5(8)3-11-7(9)6(4)10-2/h3,10H,1-2H3. The third-order valence-corrected chi connectivity index (χ3v) is 2.57. The van der Waals surface area contributed by atoms with Crippen LogP contribution in [0.1, 0.15) is 5.56 Å². The lowest BCUT2D eigenvalue weighted by atomic mass is 10.2. The summed E-state index contributed by atoms with van der Waals surface area (Å²) < 4.78 is 0.964. The first-order valence-corrected chi connectivity index (χ1v) is 4.32. The molecule has 0 aliphatic carbocycles. The first-order valence-electron chi connectivity index (χ1n) is 3.15. The van der Waals surface area contributed by atoms with Crippen molar-refractivity contribution in [2.24, 2.45) is 0 Å². The van der Waals surface area contributed by atoms with Gasteiger partial charge in [-0.25, -0.2) is 4.98 Å². The van der Waals surface area contributed by atoms with Gasteiger partial charge in [0.15, 0.2) is 5.15 Å². The number of hydrogen-bond acceptors (Lipinski definition) is 2. The summed E-state index contributed by atoms with van der Waals surface area (Å²) in [6, 6.07) is 0. The second kappa shape index (κ2) is 3.41. The van der Waals surface area contributed by atoms with Crippen LogP contribution in [-0.2, 0) is 0 Å². The quantitative estimate of drug-likeness (QED) is 0.757. The van der Waals surface area contributed by atoms with Crippen LogP contribution in [0.4, 0.5) is 5.69 Å². The minimum absolute atomic E-state index is 0.508. The Hall–Kier alpha value is -0.280. The molecular weight excluding hydrogens is 227 g/mol. The molecule has 0 saturated carbocycles. The van der Waals surface area contributed by atoms with Crippen molar-refractivity contribution in [2.75, 3.05) is 12.4 Å². The zero-order chi connectivity index (χ0) is 8.43. The van der Waals surface area contributed by atoms with Gasteiger partial charge in [0.05, 0.1) is 5.69 Å². The fraction of sp³-hybridized carbons (Fsp3) is 0.286. The summed E-state index contributed by atoms with van der Waals surface area (Å²) in [4.78, 5) is 3.97. The number of halogens is 2. The molecule has 2 nitrogen and oxygen atoms in total. The van der Waals surface area contributed by atoms with Crippen molar-refractivity contribution in [1.29, 1.82) is 0 Å². The second-order valence-corrected chi connectivity index (χ2v) is 3.36. The molecule has 1 N–H and O–H groups in total. The van der Waals surface area contributed by atoms with E-state index in [1.165, 1.54) is 0 Å². The van der Waals surface area contributed by atoms with Crippen molar-refractivity contribution in [1.82, 2.24) is 4.98 Å². The van der Waals surface area contributed by atoms with Crippen LogP contribution in [0.25, 0.3) is 0 Å². The number of nitrogens with zero attached hydrogens (tertiary/aromatic N) is 1. The summed E-state index contributed by atoms with van der Waals surface area (Å²) in [6.45, 7) is 1.98. The number of aromatic nitrogens is 1. The summed E-state index contributed by atoms with van der Waals surface area (Å²) in [5.41, 5.74) is 1.95. The van der Waals surface area contributed by atoms with E-state index in [9.17, 15) is 0 Å². The zero-order valence-corrected chi connectivity index (χ0v) is 8.62. The first-order chi connectivity index (χ1) is 5.16. The number of nitrogens with one attached hydrogen (secondary N) is 1. The van der Waals surface area contributed by atoms with Crippen molar-refractivity contribution in [3.63, 3.8) is 0 Å². The smallest absolute Gasteiger partial charge is 0.152 e. The summed E-state index contributed by atoms with van der Waals surface area (Å²) in [5, 5.41) is 3.49. The van der Waals surface area contributed by atoms with Crippen LogP contribution in [0, 0.1) is 6.92 Å². The van der Waals surface area contributed by atoms with Gasteiger partial charge in [0.25, 0.3) is 0 Å². The molecule has 1 aromatic heterocycles. The lowest BCUT2D eigenvalue weighted by molar-refractivity contribution is 1.24. The molecule has 0 aliphatic rings. The molecule has 4 heteroatoms. The highest BCUT2D eigenvalue weighted by Crippen LogP contribution is 2.28. The zero-order valence-electron chi connectivity index (χ0n) is 6.28. The van der Waals surface area contributed by atoms with Gasteiger partial charge in [-0.15, -0.1) is 0 Å². The van der Waals surface area contributed by atoms with Gasteiger partial charge in [0.2, 0.25) is 0 Å². The van der Waals surface area contributed by atoms with E-state index in [2.05, 4.69) is 26.2 Å². The van der Waals surface area contributed by atoms with E-state index in [4.69, 9.17) is 11.6 Å².